The molecule has 10 nitrogen and oxygen atoms in total. The number of hydrogen-bond acceptors (Lipinski definition) is 7. The summed E-state index contributed by atoms with van der Waals surface area (Å²) in [6, 6.07) is 2.07. The van der Waals surface area contributed by atoms with E-state index in [-0.39, 0.29) is 29.1 Å². The van der Waals surface area contributed by atoms with Crippen molar-refractivity contribution in [3.05, 3.63) is 50.9 Å². The molecular weight excluding hydrogens is 456 g/mol. The molecular formula is C20H19F2N7O3S. The Morgan fingerprint density at radius 2 is 1.82 bits per heavy atom. The first-order valence-electron chi connectivity index (χ1n) is 10.1. The molecule has 1 saturated heterocycles. The van der Waals surface area contributed by atoms with E-state index in [4.69, 9.17) is 0 Å². The molecule has 1 aliphatic heterocycles. The first-order chi connectivity index (χ1) is 15.7. The molecule has 0 spiro atoms. The van der Waals surface area contributed by atoms with Crippen LogP contribution in [0, 0.1) is 11.6 Å². The molecule has 172 valence electrons. The van der Waals surface area contributed by atoms with Gasteiger partial charge in [-0.15, -0.1) is 0 Å². The summed E-state index contributed by atoms with van der Waals surface area (Å²) in [4.78, 5) is 49.6. The molecule has 0 aliphatic carbocycles. The van der Waals surface area contributed by atoms with Crippen molar-refractivity contribution in [3.8, 4) is 0 Å². The Kier molecular flexibility index (Phi) is 5.00. The normalized spacial score (nSPS) is 14.5. The van der Waals surface area contributed by atoms with E-state index in [1.165, 1.54) is 47.0 Å². The fourth-order valence-corrected chi connectivity index (χ4v) is 5.05. The first kappa shape index (κ1) is 21.2. The van der Waals surface area contributed by atoms with E-state index in [2.05, 4.69) is 9.97 Å². The van der Waals surface area contributed by atoms with Crippen LogP contribution in [0.2, 0.25) is 0 Å². The van der Waals surface area contributed by atoms with Gasteiger partial charge in [0.05, 0.1) is 11.0 Å². The lowest BCUT2D eigenvalue weighted by atomic mass is 10.3. The van der Waals surface area contributed by atoms with E-state index < -0.39 is 22.9 Å². The predicted octanol–water partition coefficient (Wildman–Crippen LogP) is 0.670. The van der Waals surface area contributed by atoms with Gasteiger partial charge in [0.25, 0.3) is 5.56 Å². The Morgan fingerprint density at radius 3 is 2.55 bits per heavy atom. The Bertz CT molecular complexity index is 1530. The van der Waals surface area contributed by atoms with Gasteiger partial charge in [0.1, 0.15) is 17.9 Å². The minimum Gasteiger partial charge on any atom is -0.345 e. The van der Waals surface area contributed by atoms with E-state index in [0.29, 0.717) is 36.0 Å². The number of rotatable bonds is 3. The molecule has 0 radical (unpaired) electrons. The molecule has 0 atom stereocenters. The largest absolute Gasteiger partial charge is 0.345 e. The lowest BCUT2D eigenvalue weighted by Gasteiger charge is -2.34. The van der Waals surface area contributed by atoms with Crippen molar-refractivity contribution in [1.29, 1.82) is 0 Å². The number of carbonyl (C=O) groups is 1. The van der Waals surface area contributed by atoms with Crippen molar-refractivity contribution in [2.45, 2.75) is 6.54 Å². The zero-order valence-electron chi connectivity index (χ0n) is 17.8. The second-order valence-electron chi connectivity index (χ2n) is 7.85. The minimum atomic E-state index is -0.697. The van der Waals surface area contributed by atoms with Crippen molar-refractivity contribution in [3.63, 3.8) is 0 Å². The third-order valence-corrected chi connectivity index (χ3v) is 6.89. The van der Waals surface area contributed by atoms with E-state index in [0.717, 1.165) is 10.6 Å². The van der Waals surface area contributed by atoms with Crippen molar-refractivity contribution in [1.82, 2.24) is 28.6 Å². The van der Waals surface area contributed by atoms with E-state index in [9.17, 15) is 23.2 Å². The number of aryl methyl sites for hydroxylation is 1. The zero-order chi connectivity index (χ0) is 23.4. The predicted molar refractivity (Wildman–Crippen MR) is 119 cm³/mol. The number of amides is 1. The Balaban J connectivity index is 1.31. The smallest absolute Gasteiger partial charge is 0.332 e. The average Bonchev–Trinajstić information content (AvgIpc) is 3.41. The van der Waals surface area contributed by atoms with E-state index in [1.807, 2.05) is 4.90 Å². The molecule has 1 aliphatic rings. The van der Waals surface area contributed by atoms with Gasteiger partial charge in [0.2, 0.25) is 5.91 Å². The van der Waals surface area contributed by atoms with Crippen molar-refractivity contribution >= 4 is 43.8 Å². The van der Waals surface area contributed by atoms with Crippen LogP contribution >= 0.6 is 11.3 Å². The van der Waals surface area contributed by atoms with Crippen LogP contribution in [0.15, 0.2) is 28.0 Å². The van der Waals surface area contributed by atoms with E-state index in [1.54, 1.807) is 4.90 Å². The minimum absolute atomic E-state index is 0.0877. The van der Waals surface area contributed by atoms with Gasteiger partial charge in [-0.3, -0.25) is 18.7 Å². The number of thiazole rings is 1. The maximum absolute atomic E-state index is 14.0. The van der Waals surface area contributed by atoms with Crippen LogP contribution in [-0.2, 0) is 25.4 Å². The van der Waals surface area contributed by atoms with Gasteiger partial charge >= 0.3 is 5.69 Å². The second kappa shape index (κ2) is 7.76. The van der Waals surface area contributed by atoms with Gasteiger partial charge in [0.15, 0.2) is 22.1 Å². The van der Waals surface area contributed by atoms with Crippen molar-refractivity contribution in [2.24, 2.45) is 14.1 Å². The van der Waals surface area contributed by atoms with Gasteiger partial charge < -0.3 is 14.4 Å². The highest BCUT2D eigenvalue weighted by molar-refractivity contribution is 7.22. The third-order valence-electron chi connectivity index (χ3n) is 5.83. The summed E-state index contributed by atoms with van der Waals surface area (Å²) in [7, 11) is 2.90. The molecule has 1 fully saturated rings. The number of carbonyl (C=O) groups excluding carboxylic acids is 1. The summed E-state index contributed by atoms with van der Waals surface area (Å²) >= 11 is 1.21. The lowest BCUT2D eigenvalue weighted by Crippen LogP contribution is -2.49. The molecule has 3 aromatic heterocycles. The maximum atomic E-state index is 14.0. The number of fused-ring (bicyclic) bond motifs is 2. The number of aromatic nitrogens is 5. The number of piperazine rings is 1. The molecule has 4 aromatic rings. The molecule has 0 N–H and O–H groups in total. The SMILES string of the molecule is Cn1c(=O)c2c(ncn2CC(=O)N2CCN(c3nc4c(F)cc(F)cc4s3)CC2)n(C)c1=O. The zero-order valence-corrected chi connectivity index (χ0v) is 18.6. The summed E-state index contributed by atoms with van der Waals surface area (Å²) in [6.45, 7) is 1.70. The molecule has 33 heavy (non-hydrogen) atoms. The highest BCUT2D eigenvalue weighted by Crippen LogP contribution is 2.31. The molecule has 0 bridgehead atoms. The van der Waals surface area contributed by atoms with E-state index >= 15 is 0 Å². The number of benzene rings is 1. The van der Waals surface area contributed by atoms with Crippen LogP contribution in [0.25, 0.3) is 21.4 Å². The lowest BCUT2D eigenvalue weighted by molar-refractivity contribution is -0.132. The Labute approximate surface area is 188 Å². The molecule has 0 unspecified atom stereocenters. The average molecular weight is 475 g/mol. The monoisotopic (exact) mass is 475 g/mol. The molecule has 1 amide bonds. The highest BCUT2D eigenvalue weighted by Gasteiger charge is 2.25. The number of halogens is 2. The van der Waals surface area contributed by atoms with Crippen LogP contribution in [0.3, 0.4) is 0 Å². The van der Waals surface area contributed by atoms with Crippen molar-refractivity contribution < 1.29 is 13.6 Å². The number of imidazole rings is 1. The summed E-state index contributed by atoms with van der Waals surface area (Å²) in [5, 5.41) is 0.576. The standard InChI is InChI=1S/C20H19F2N7O3S/c1-25-17-16(18(31)26(2)20(25)32)29(10-23-17)9-14(30)27-3-5-28(6-4-27)19-24-15-12(22)7-11(21)8-13(15)33-19/h7-8,10H,3-6,9H2,1-2H3. The first-order valence-corrected chi connectivity index (χ1v) is 11.0. The number of hydrogen-bond donors (Lipinski definition) is 0. The van der Waals surface area contributed by atoms with Gasteiger partial charge in [-0.2, -0.15) is 0 Å². The molecule has 5 rings (SSSR count). The Morgan fingerprint density at radius 1 is 1.09 bits per heavy atom. The van der Waals surface area contributed by atoms with Crippen LogP contribution < -0.4 is 16.1 Å². The number of anilines is 1. The summed E-state index contributed by atoms with van der Waals surface area (Å²) in [6.07, 6.45) is 1.38. The van der Waals surface area contributed by atoms with Crippen LogP contribution in [0.5, 0.6) is 0 Å². The second-order valence-corrected chi connectivity index (χ2v) is 8.86. The summed E-state index contributed by atoms with van der Waals surface area (Å²) < 4.78 is 31.6. The molecule has 4 heterocycles. The third kappa shape index (κ3) is 3.48. The van der Waals surface area contributed by atoms with Crippen LogP contribution in [-0.4, -0.2) is 60.7 Å². The maximum Gasteiger partial charge on any atom is 0.332 e. The molecule has 1 aromatic carbocycles. The Hall–Kier alpha value is -3.61. The molecule has 13 heteroatoms. The van der Waals surface area contributed by atoms with Crippen LogP contribution in [0.1, 0.15) is 0 Å². The fraction of sp³-hybridized carbons (Fsp3) is 0.350. The topological polar surface area (TPSA) is 98.3 Å². The van der Waals surface area contributed by atoms with Crippen molar-refractivity contribution in [2.75, 3.05) is 31.1 Å². The van der Waals surface area contributed by atoms with Crippen LogP contribution in [0.4, 0.5) is 13.9 Å². The van der Waals surface area contributed by atoms with Gasteiger partial charge in [-0.05, 0) is 6.07 Å². The fourth-order valence-electron chi connectivity index (χ4n) is 3.99. The quantitative estimate of drug-likeness (QED) is 0.432. The summed E-state index contributed by atoms with van der Waals surface area (Å²) in [5.74, 6) is -1.53. The van der Waals surface area contributed by atoms with Gasteiger partial charge in [0, 0.05) is 46.3 Å². The number of nitrogens with zero attached hydrogens (tertiary/aromatic N) is 7. The van der Waals surface area contributed by atoms with Gasteiger partial charge in [-0.25, -0.2) is 23.5 Å². The van der Waals surface area contributed by atoms with Gasteiger partial charge in [-0.1, -0.05) is 11.3 Å². The summed E-state index contributed by atoms with van der Waals surface area (Å²) in [5.41, 5.74) is -0.450. The highest BCUT2D eigenvalue weighted by atomic mass is 32.1. The molecule has 0 saturated carbocycles.